The van der Waals surface area contributed by atoms with Gasteiger partial charge < -0.3 is 14.9 Å². The van der Waals surface area contributed by atoms with E-state index in [-0.39, 0.29) is 12.2 Å². The van der Waals surface area contributed by atoms with Crippen LogP contribution in [0.5, 0.6) is 0 Å². The molecule has 0 bridgehead atoms. The molecule has 0 aromatic heterocycles. The molecular weight excluding hydrogens is 292 g/mol. The van der Waals surface area contributed by atoms with Crippen LogP contribution in [0.25, 0.3) is 32.3 Å². The van der Waals surface area contributed by atoms with Crippen molar-refractivity contribution in [1.29, 1.82) is 0 Å². The topological polar surface area (TPSA) is 53.0 Å². The average molecular weight is 306 g/mol. The summed E-state index contributed by atoms with van der Waals surface area (Å²) in [6.45, 7) is 0. The summed E-state index contributed by atoms with van der Waals surface area (Å²) in [5.41, 5.74) is 1.86. The normalized spacial score (nSPS) is 29.1. The Morgan fingerprint density at radius 3 is 2.39 bits per heavy atom. The van der Waals surface area contributed by atoms with Crippen LogP contribution in [0, 0.1) is 0 Å². The van der Waals surface area contributed by atoms with Crippen LogP contribution in [0.2, 0.25) is 0 Å². The maximum Gasteiger partial charge on any atom is 0.118 e. The van der Waals surface area contributed by atoms with Gasteiger partial charge in [0.25, 0.3) is 0 Å². The average Bonchev–Trinajstić information content (AvgIpc) is 3.37. The largest absolute Gasteiger partial charge is 0.387 e. The van der Waals surface area contributed by atoms with Crippen LogP contribution in [0.4, 0.5) is 0 Å². The van der Waals surface area contributed by atoms with Gasteiger partial charge in [0.1, 0.15) is 24.4 Å². The number of epoxide rings is 1. The van der Waals surface area contributed by atoms with Crippen molar-refractivity contribution in [2.75, 3.05) is 0 Å². The molecule has 3 nitrogen and oxygen atoms in total. The third-order valence-electron chi connectivity index (χ3n) is 5.51. The fourth-order valence-corrected chi connectivity index (χ4v) is 4.40. The smallest absolute Gasteiger partial charge is 0.118 e. The van der Waals surface area contributed by atoms with Crippen molar-refractivity contribution in [3.63, 3.8) is 0 Å². The van der Waals surface area contributed by atoms with Crippen LogP contribution >= 0.6 is 0 Å². The second kappa shape index (κ2) is 3.82. The van der Waals surface area contributed by atoms with E-state index < -0.39 is 12.2 Å². The third-order valence-corrected chi connectivity index (χ3v) is 5.51. The second-order valence-electron chi connectivity index (χ2n) is 6.69. The van der Waals surface area contributed by atoms with Gasteiger partial charge in [-0.15, -0.1) is 0 Å². The van der Waals surface area contributed by atoms with Crippen molar-refractivity contribution in [1.82, 2.24) is 0 Å². The molecule has 1 aliphatic heterocycles. The summed E-state index contributed by atoms with van der Waals surface area (Å²) >= 11 is 0. The predicted octanol–water partition coefficient (Wildman–Crippen LogP) is 3.43. The highest BCUT2D eigenvalue weighted by atomic mass is 16.6. The maximum atomic E-state index is 10.5. The Bertz CT molecular complexity index is 1080. The van der Waals surface area contributed by atoms with E-state index in [9.17, 15) is 10.2 Å². The number of ether oxygens (including phenoxy) is 1. The van der Waals surface area contributed by atoms with Crippen LogP contribution in [0.15, 0.2) is 48.5 Å². The van der Waals surface area contributed by atoms with Crippen LogP contribution in [-0.2, 0) is 4.74 Å². The van der Waals surface area contributed by atoms with Gasteiger partial charge in [-0.05, 0) is 49.5 Å². The van der Waals surface area contributed by atoms with E-state index in [0.717, 1.165) is 21.9 Å². The van der Waals surface area contributed by atoms with Gasteiger partial charge in [0.05, 0.1) is 0 Å². The monoisotopic (exact) mass is 306 g/mol. The fraction of sp³-hybridized carbons (Fsp3) is 0.200. The maximum absolute atomic E-state index is 10.5. The summed E-state index contributed by atoms with van der Waals surface area (Å²) in [7, 11) is 0. The molecule has 112 valence electrons. The SMILES string of the molecule is O[C@@H]1[C@@H]2O[C@@H]2c2c(cc3[13cH][13cH]c4cccc5[13cH][13cH]c2c3c45)[C@H]1O. The molecule has 4 aromatic carbocycles. The van der Waals surface area contributed by atoms with Gasteiger partial charge in [-0.2, -0.15) is 0 Å². The highest BCUT2D eigenvalue weighted by Crippen LogP contribution is 2.54. The molecule has 0 saturated carbocycles. The molecule has 2 N–H and O–H groups in total. The summed E-state index contributed by atoms with van der Waals surface area (Å²) in [5.74, 6) is 0. The molecule has 2 aliphatic rings. The number of fused-ring (bicyclic) bond motifs is 4. The second-order valence-corrected chi connectivity index (χ2v) is 6.69. The molecule has 6 rings (SSSR count). The quantitative estimate of drug-likeness (QED) is 0.386. The van der Waals surface area contributed by atoms with E-state index in [1.807, 2.05) is 6.07 Å². The first-order valence-corrected chi connectivity index (χ1v) is 7.96. The van der Waals surface area contributed by atoms with E-state index >= 15 is 0 Å². The van der Waals surface area contributed by atoms with Gasteiger partial charge in [0.15, 0.2) is 0 Å². The first-order valence-electron chi connectivity index (χ1n) is 7.96. The highest BCUT2D eigenvalue weighted by molar-refractivity contribution is 6.23. The first-order chi connectivity index (χ1) is 11.2. The Morgan fingerprint density at radius 1 is 0.826 bits per heavy atom. The van der Waals surface area contributed by atoms with E-state index in [4.69, 9.17) is 4.74 Å². The van der Waals surface area contributed by atoms with Gasteiger partial charge in [0.2, 0.25) is 0 Å². The Balaban J connectivity index is 1.86. The molecule has 1 heterocycles. The molecule has 0 amide bonds. The lowest BCUT2D eigenvalue weighted by Crippen LogP contribution is -2.29. The van der Waals surface area contributed by atoms with Gasteiger partial charge in [0, 0.05) is 0 Å². The van der Waals surface area contributed by atoms with Crippen molar-refractivity contribution in [2.45, 2.75) is 24.4 Å². The Labute approximate surface area is 132 Å². The lowest BCUT2D eigenvalue weighted by Gasteiger charge is -2.25. The molecule has 0 spiro atoms. The number of aliphatic hydroxyl groups is 2. The van der Waals surface area contributed by atoms with Crippen LogP contribution < -0.4 is 0 Å². The Kier molecular flexibility index (Phi) is 2.03. The highest BCUT2D eigenvalue weighted by Gasteiger charge is 2.54. The molecule has 3 heteroatoms. The predicted molar refractivity (Wildman–Crippen MR) is 88.7 cm³/mol. The summed E-state index contributed by atoms with van der Waals surface area (Å²) in [5, 5.41) is 27.8. The van der Waals surface area contributed by atoms with E-state index in [1.54, 1.807) is 0 Å². The molecule has 4 aromatic rings. The van der Waals surface area contributed by atoms with E-state index in [2.05, 4.69) is 42.5 Å². The van der Waals surface area contributed by atoms with Crippen molar-refractivity contribution in [3.05, 3.63) is 59.7 Å². The van der Waals surface area contributed by atoms with Crippen molar-refractivity contribution in [3.8, 4) is 0 Å². The molecule has 23 heavy (non-hydrogen) atoms. The molecule has 0 unspecified atom stereocenters. The summed E-state index contributed by atoms with van der Waals surface area (Å²) in [4.78, 5) is 0. The first kappa shape index (κ1) is 12.3. The lowest BCUT2D eigenvalue weighted by atomic mass is 9.84. The molecule has 1 fully saturated rings. The molecule has 0 radical (unpaired) electrons. The number of aliphatic hydroxyl groups excluding tert-OH is 2. The van der Waals surface area contributed by atoms with Gasteiger partial charge in [-0.25, -0.2) is 0 Å². The molecule has 1 saturated heterocycles. The zero-order valence-electron chi connectivity index (χ0n) is 12.2. The van der Waals surface area contributed by atoms with E-state index in [0.29, 0.717) is 0 Å². The van der Waals surface area contributed by atoms with E-state index in [1.165, 1.54) is 21.5 Å². The zero-order valence-corrected chi connectivity index (χ0v) is 12.2. The Morgan fingerprint density at radius 2 is 1.57 bits per heavy atom. The van der Waals surface area contributed by atoms with Crippen molar-refractivity contribution in [2.24, 2.45) is 0 Å². The van der Waals surface area contributed by atoms with Crippen LogP contribution in [0.1, 0.15) is 23.3 Å². The van der Waals surface area contributed by atoms with Gasteiger partial charge in [-0.3, -0.25) is 0 Å². The van der Waals surface area contributed by atoms with Crippen LogP contribution in [-0.4, -0.2) is 22.4 Å². The van der Waals surface area contributed by atoms with Gasteiger partial charge in [-0.1, -0.05) is 42.5 Å². The minimum Gasteiger partial charge on any atom is -0.387 e. The summed E-state index contributed by atoms with van der Waals surface area (Å²) in [6, 6.07) is 16.9. The molecule has 4 atom stereocenters. The summed E-state index contributed by atoms with van der Waals surface area (Å²) < 4.78 is 5.67. The number of rotatable bonds is 0. The lowest BCUT2D eigenvalue weighted by molar-refractivity contribution is 0.000163. The number of benzene rings is 4. The molecule has 1 aliphatic carbocycles. The van der Waals surface area contributed by atoms with Crippen molar-refractivity contribution >= 4 is 32.3 Å². The summed E-state index contributed by atoms with van der Waals surface area (Å²) in [6.07, 6.45) is -2.07. The standard InChI is InChI=1S/C20H14O3/c21-17-13-8-11-5-4-9-2-1-3-10-6-7-12(15(11)14(9)10)16(13)19-20(23-19)18(17)22/h1-8,17-22H/t17-,18+,19-,20+/m1/s1/i4+1,5+1,6+1,7+1. The number of hydrogen-bond acceptors (Lipinski definition) is 3. The zero-order chi connectivity index (χ0) is 15.3. The Hall–Kier alpha value is -2.20. The number of hydrogen-bond donors (Lipinski definition) is 2. The minimum atomic E-state index is -0.879. The van der Waals surface area contributed by atoms with Crippen LogP contribution in [0.3, 0.4) is 0 Å². The third kappa shape index (κ3) is 1.36. The van der Waals surface area contributed by atoms with Crippen molar-refractivity contribution < 1.29 is 14.9 Å². The minimum absolute atomic E-state index is 0.0898. The molecular formula is C20H14O3. The van der Waals surface area contributed by atoms with Gasteiger partial charge >= 0.3 is 0 Å². The fourth-order valence-electron chi connectivity index (χ4n) is 4.40.